The van der Waals surface area contributed by atoms with Crippen molar-refractivity contribution in [2.75, 3.05) is 18.0 Å². The first kappa shape index (κ1) is 10.5. The number of anilines is 1. The second-order valence-corrected chi connectivity index (χ2v) is 3.74. The van der Waals surface area contributed by atoms with Crippen LogP contribution in [0.1, 0.15) is 12.2 Å². The van der Waals surface area contributed by atoms with Crippen LogP contribution in [-0.2, 0) is 4.52 Å². The van der Waals surface area contributed by atoms with Crippen LogP contribution in [0.4, 0.5) is 5.82 Å². The van der Waals surface area contributed by atoms with E-state index in [1.54, 1.807) is 12.3 Å². The molecule has 1 aromatic heterocycles. The fourth-order valence-corrected chi connectivity index (χ4v) is 1.91. The fraction of sp³-hybridized carbons (Fsp3) is 0.400. The maximum absolute atomic E-state index is 5.23. The summed E-state index contributed by atoms with van der Waals surface area (Å²) in [5.74, 6) is 1.62. The Morgan fingerprint density at radius 1 is 1.67 bits per heavy atom. The molecule has 0 radical (unpaired) electrons. The molecule has 1 saturated heterocycles. The van der Waals surface area contributed by atoms with Gasteiger partial charge < -0.3 is 9.42 Å². The molecule has 1 aliphatic rings. The molecule has 1 fully saturated rings. The molecule has 15 heavy (non-hydrogen) atoms. The monoisotopic (exact) mass is 223 g/mol. The van der Waals surface area contributed by atoms with E-state index in [1.807, 2.05) is 6.07 Å². The maximum atomic E-state index is 5.23. The minimum atomic E-state index is 0.289. The number of hydrogen-bond acceptors (Lipinski definition) is 4. The summed E-state index contributed by atoms with van der Waals surface area (Å²) in [4.78, 5) is 10.7. The Kier molecular flexibility index (Phi) is 3.29. The molecule has 0 N–H and O–H groups in total. The highest BCUT2D eigenvalue weighted by molar-refractivity contribution is 7.09. The highest BCUT2D eigenvalue weighted by Gasteiger charge is 2.23. The van der Waals surface area contributed by atoms with E-state index in [9.17, 15) is 0 Å². The fourth-order valence-electron chi connectivity index (χ4n) is 1.69. The Balaban J connectivity index is 2.12. The smallest absolute Gasteiger partial charge is 0.153 e. The summed E-state index contributed by atoms with van der Waals surface area (Å²) in [6.07, 6.45) is 4.74. The zero-order chi connectivity index (χ0) is 10.7. The van der Waals surface area contributed by atoms with Crippen molar-refractivity contribution in [3.63, 3.8) is 0 Å². The minimum absolute atomic E-state index is 0.289. The standard InChI is InChI=1S/C10H14N3OP/c1-2-9-11-5-3-10(12-9)13-6-4-8(7-13)14-15/h2-3,5,8H,1,4,6-7,15H2. The average Bonchev–Trinajstić information content (AvgIpc) is 2.78. The number of aromatic nitrogens is 2. The molecule has 0 bridgehead atoms. The summed E-state index contributed by atoms with van der Waals surface area (Å²) < 4.78 is 5.23. The predicted molar refractivity (Wildman–Crippen MR) is 63.5 cm³/mol. The summed E-state index contributed by atoms with van der Waals surface area (Å²) in [7, 11) is 2.32. The van der Waals surface area contributed by atoms with Crippen LogP contribution in [0.3, 0.4) is 0 Å². The molecule has 80 valence electrons. The maximum Gasteiger partial charge on any atom is 0.153 e. The number of nitrogens with zero attached hydrogens (tertiary/aromatic N) is 3. The van der Waals surface area contributed by atoms with E-state index in [4.69, 9.17) is 4.52 Å². The lowest BCUT2D eigenvalue weighted by atomic mass is 10.3. The second kappa shape index (κ2) is 4.69. The zero-order valence-corrected chi connectivity index (χ0v) is 9.62. The van der Waals surface area contributed by atoms with Gasteiger partial charge in [-0.1, -0.05) is 6.58 Å². The molecule has 2 heterocycles. The van der Waals surface area contributed by atoms with Gasteiger partial charge in [-0.05, 0) is 18.6 Å². The predicted octanol–water partition coefficient (Wildman–Crippen LogP) is 1.50. The minimum Gasteiger partial charge on any atom is -0.361 e. The third kappa shape index (κ3) is 2.33. The van der Waals surface area contributed by atoms with Crippen molar-refractivity contribution in [2.45, 2.75) is 12.5 Å². The van der Waals surface area contributed by atoms with E-state index in [0.29, 0.717) is 5.82 Å². The van der Waals surface area contributed by atoms with E-state index < -0.39 is 0 Å². The molecule has 0 spiro atoms. The van der Waals surface area contributed by atoms with Gasteiger partial charge in [-0.2, -0.15) is 0 Å². The van der Waals surface area contributed by atoms with Gasteiger partial charge in [-0.3, -0.25) is 0 Å². The van der Waals surface area contributed by atoms with E-state index in [1.165, 1.54) is 0 Å². The quantitative estimate of drug-likeness (QED) is 0.728. The molecule has 1 aromatic rings. The van der Waals surface area contributed by atoms with E-state index in [-0.39, 0.29) is 6.10 Å². The molecule has 2 unspecified atom stereocenters. The highest BCUT2D eigenvalue weighted by Crippen LogP contribution is 2.20. The molecule has 4 nitrogen and oxygen atoms in total. The summed E-state index contributed by atoms with van der Waals surface area (Å²) in [6.45, 7) is 5.52. The van der Waals surface area contributed by atoms with Crippen LogP contribution >= 0.6 is 9.47 Å². The lowest BCUT2D eigenvalue weighted by Crippen LogP contribution is -2.22. The van der Waals surface area contributed by atoms with Crippen molar-refractivity contribution in [2.24, 2.45) is 0 Å². The first-order chi connectivity index (χ1) is 7.33. The molecular formula is C10H14N3OP. The van der Waals surface area contributed by atoms with Crippen LogP contribution in [0.2, 0.25) is 0 Å². The average molecular weight is 223 g/mol. The van der Waals surface area contributed by atoms with Crippen LogP contribution in [0.25, 0.3) is 6.08 Å². The number of hydrogen-bond donors (Lipinski definition) is 0. The third-order valence-corrected chi connectivity index (χ3v) is 2.89. The van der Waals surface area contributed by atoms with E-state index in [2.05, 4.69) is 30.9 Å². The van der Waals surface area contributed by atoms with E-state index in [0.717, 1.165) is 25.3 Å². The van der Waals surface area contributed by atoms with Crippen molar-refractivity contribution in [3.8, 4) is 0 Å². The summed E-state index contributed by atoms with van der Waals surface area (Å²) in [6, 6.07) is 1.91. The molecule has 2 atom stereocenters. The lowest BCUT2D eigenvalue weighted by molar-refractivity contribution is 0.266. The van der Waals surface area contributed by atoms with Gasteiger partial charge in [0.25, 0.3) is 0 Å². The van der Waals surface area contributed by atoms with Gasteiger partial charge in [0.05, 0.1) is 6.10 Å². The molecular weight excluding hydrogens is 209 g/mol. The normalized spacial score (nSPS) is 20.6. The van der Waals surface area contributed by atoms with E-state index >= 15 is 0 Å². The van der Waals surface area contributed by atoms with Crippen LogP contribution in [0, 0.1) is 0 Å². The van der Waals surface area contributed by atoms with Gasteiger partial charge in [0.1, 0.15) is 5.82 Å². The third-order valence-electron chi connectivity index (χ3n) is 2.50. The van der Waals surface area contributed by atoms with Gasteiger partial charge >= 0.3 is 0 Å². The largest absolute Gasteiger partial charge is 0.361 e. The van der Waals surface area contributed by atoms with Crippen LogP contribution in [0.15, 0.2) is 18.8 Å². The molecule has 0 amide bonds. The van der Waals surface area contributed by atoms with Crippen LogP contribution < -0.4 is 4.90 Å². The van der Waals surface area contributed by atoms with Gasteiger partial charge in [0.2, 0.25) is 0 Å². The van der Waals surface area contributed by atoms with Crippen molar-refractivity contribution >= 4 is 21.4 Å². The van der Waals surface area contributed by atoms with Crippen LogP contribution in [0.5, 0.6) is 0 Å². The van der Waals surface area contributed by atoms with Gasteiger partial charge in [-0.25, -0.2) is 9.97 Å². The topological polar surface area (TPSA) is 38.2 Å². The van der Waals surface area contributed by atoms with Gasteiger partial charge in [0.15, 0.2) is 5.82 Å². The lowest BCUT2D eigenvalue weighted by Gasteiger charge is -2.16. The summed E-state index contributed by atoms with van der Waals surface area (Å²) >= 11 is 0. The molecule has 0 aliphatic carbocycles. The van der Waals surface area contributed by atoms with Crippen molar-refractivity contribution < 1.29 is 4.52 Å². The Morgan fingerprint density at radius 2 is 2.53 bits per heavy atom. The summed E-state index contributed by atoms with van der Waals surface area (Å²) in [5, 5.41) is 0. The van der Waals surface area contributed by atoms with Crippen molar-refractivity contribution in [1.82, 2.24) is 9.97 Å². The van der Waals surface area contributed by atoms with Gasteiger partial charge in [0, 0.05) is 28.8 Å². The van der Waals surface area contributed by atoms with Crippen LogP contribution in [-0.4, -0.2) is 29.2 Å². The first-order valence-corrected chi connectivity index (χ1v) is 5.36. The highest BCUT2D eigenvalue weighted by atomic mass is 31.0. The molecule has 2 rings (SSSR count). The first-order valence-electron chi connectivity index (χ1n) is 4.89. The molecule has 1 aliphatic heterocycles. The second-order valence-electron chi connectivity index (χ2n) is 3.47. The molecule has 0 aromatic carbocycles. The Morgan fingerprint density at radius 3 is 3.20 bits per heavy atom. The number of rotatable bonds is 3. The Hall–Kier alpha value is -0.990. The summed E-state index contributed by atoms with van der Waals surface area (Å²) in [5.41, 5.74) is 0. The van der Waals surface area contributed by atoms with Crippen molar-refractivity contribution in [1.29, 1.82) is 0 Å². The SMILES string of the molecule is C=Cc1nccc(N2CCC(OP)C2)n1. The Bertz CT molecular complexity index is 358. The zero-order valence-electron chi connectivity index (χ0n) is 8.47. The van der Waals surface area contributed by atoms with Crippen molar-refractivity contribution in [3.05, 3.63) is 24.7 Å². The molecule has 0 saturated carbocycles. The Labute approximate surface area is 91.7 Å². The van der Waals surface area contributed by atoms with Gasteiger partial charge in [-0.15, -0.1) is 0 Å². The molecule has 5 heteroatoms.